The van der Waals surface area contributed by atoms with E-state index in [2.05, 4.69) is 30.9 Å². The maximum absolute atomic E-state index is 12.4. The molecule has 1 saturated carbocycles. The molecule has 2 fully saturated rings. The number of hydrogen-bond acceptors (Lipinski definition) is 4. The highest BCUT2D eigenvalue weighted by Crippen LogP contribution is 2.45. The van der Waals surface area contributed by atoms with Crippen molar-refractivity contribution in [3.05, 3.63) is 64.9 Å². The summed E-state index contributed by atoms with van der Waals surface area (Å²) in [5, 5.41) is 0. The van der Waals surface area contributed by atoms with Crippen LogP contribution >= 0.6 is 0 Å². The molecule has 1 aliphatic heterocycles. The van der Waals surface area contributed by atoms with Crippen LogP contribution in [-0.2, 0) is 4.74 Å². The average Bonchev–Trinajstić information content (AvgIpc) is 3.64. The third kappa shape index (κ3) is 8.54. The number of aromatic nitrogens is 1. The maximum Gasteiger partial charge on any atom is 0.410 e. The Morgan fingerprint density at radius 3 is 2.22 bits per heavy atom. The number of benzene rings is 1. The second-order valence-electron chi connectivity index (χ2n) is 11.0. The number of allylic oxidation sites excluding steroid dienone is 2. The van der Waals surface area contributed by atoms with Crippen LogP contribution in [0.3, 0.4) is 0 Å². The van der Waals surface area contributed by atoms with Crippen molar-refractivity contribution in [3.8, 4) is 0 Å². The number of carbonyl (C=O) groups is 1. The fourth-order valence-corrected chi connectivity index (χ4v) is 4.43. The van der Waals surface area contributed by atoms with E-state index >= 15 is 0 Å². The van der Waals surface area contributed by atoms with Gasteiger partial charge >= 0.3 is 6.09 Å². The SMILES string of the molecule is CCC/C=C(\c1c(C)ccnc1N1CCN(C(=O)OC(C)(C)C)CC1)C1CC1.Cc1cc(F)cc(F)c1. The van der Waals surface area contributed by atoms with Crippen molar-refractivity contribution in [1.29, 1.82) is 0 Å². The smallest absolute Gasteiger partial charge is 0.410 e. The van der Waals surface area contributed by atoms with Crippen LogP contribution in [0.1, 0.15) is 70.1 Å². The fourth-order valence-electron chi connectivity index (χ4n) is 4.43. The standard InChI is InChI=1S/C23H35N3O2.C7H6F2/c1-6-7-8-19(18-9-10-18)20-17(2)11-12-24-21(20)25-13-15-26(16-14-25)22(27)28-23(3,4)5;1-5-2-6(8)4-7(9)3-5/h8,11-12,18H,6-7,9-10,13-16H2,1-5H3;2-4H,1H3/b19-8-;. The largest absolute Gasteiger partial charge is 0.444 e. The van der Waals surface area contributed by atoms with Gasteiger partial charge in [0.05, 0.1) is 0 Å². The number of hydrogen-bond donors (Lipinski definition) is 0. The topological polar surface area (TPSA) is 45.7 Å². The van der Waals surface area contributed by atoms with E-state index in [-0.39, 0.29) is 6.09 Å². The lowest BCUT2D eigenvalue weighted by molar-refractivity contribution is 0.0240. The number of aryl methyl sites for hydroxylation is 2. The lowest BCUT2D eigenvalue weighted by Crippen LogP contribution is -2.50. The van der Waals surface area contributed by atoms with Crippen LogP contribution < -0.4 is 4.90 Å². The third-order valence-corrected chi connectivity index (χ3v) is 6.34. The summed E-state index contributed by atoms with van der Waals surface area (Å²) in [6.07, 6.45) is 8.99. The molecule has 1 amide bonds. The van der Waals surface area contributed by atoms with Crippen LogP contribution in [0, 0.1) is 31.4 Å². The summed E-state index contributed by atoms with van der Waals surface area (Å²) >= 11 is 0. The predicted molar refractivity (Wildman–Crippen MR) is 146 cm³/mol. The Bertz CT molecular complexity index is 1050. The average molecular weight is 514 g/mol. The first-order valence-electron chi connectivity index (χ1n) is 13.3. The molecule has 37 heavy (non-hydrogen) atoms. The molecular weight excluding hydrogens is 472 g/mol. The summed E-state index contributed by atoms with van der Waals surface area (Å²) in [6, 6.07) is 5.54. The quantitative estimate of drug-likeness (QED) is 0.420. The van der Waals surface area contributed by atoms with Gasteiger partial charge in [-0.25, -0.2) is 18.6 Å². The highest BCUT2D eigenvalue weighted by Gasteiger charge is 2.32. The Morgan fingerprint density at radius 2 is 1.70 bits per heavy atom. The highest BCUT2D eigenvalue weighted by molar-refractivity contribution is 5.79. The normalized spacial score (nSPS) is 16.3. The number of carbonyl (C=O) groups excluding carboxylic acids is 1. The Kier molecular flexibility index (Phi) is 9.68. The molecule has 1 saturated heterocycles. The number of halogens is 2. The molecule has 0 atom stereocenters. The molecule has 202 valence electrons. The number of pyridine rings is 1. The van der Waals surface area contributed by atoms with E-state index in [1.165, 1.54) is 48.1 Å². The van der Waals surface area contributed by atoms with Gasteiger partial charge in [-0.1, -0.05) is 19.4 Å². The summed E-state index contributed by atoms with van der Waals surface area (Å²) in [7, 11) is 0. The van der Waals surface area contributed by atoms with Gasteiger partial charge in [-0.15, -0.1) is 0 Å². The molecule has 1 aromatic carbocycles. The lowest BCUT2D eigenvalue weighted by Gasteiger charge is -2.37. The van der Waals surface area contributed by atoms with E-state index in [9.17, 15) is 13.6 Å². The molecule has 7 heteroatoms. The second kappa shape index (κ2) is 12.5. The molecule has 1 aliphatic carbocycles. The van der Waals surface area contributed by atoms with Crippen molar-refractivity contribution in [1.82, 2.24) is 9.88 Å². The fraction of sp³-hybridized carbons (Fsp3) is 0.533. The number of anilines is 1. The summed E-state index contributed by atoms with van der Waals surface area (Å²) in [6.45, 7) is 14.7. The van der Waals surface area contributed by atoms with Gasteiger partial charge in [0, 0.05) is 44.0 Å². The van der Waals surface area contributed by atoms with Gasteiger partial charge in [0.15, 0.2) is 0 Å². The Hall–Kier alpha value is -2.96. The Labute approximate surface area is 220 Å². The summed E-state index contributed by atoms with van der Waals surface area (Å²) in [5.74, 6) is 0.731. The first-order chi connectivity index (χ1) is 17.5. The van der Waals surface area contributed by atoms with Gasteiger partial charge in [0.2, 0.25) is 0 Å². The zero-order chi connectivity index (χ0) is 27.2. The minimum absolute atomic E-state index is 0.217. The molecule has 5 nitrogen and oxygen atoms in total. The van der Waals surface area contributed by atoms with Crippen LogP contribution in [0.2, 0.25) is 0 Å². The van der Waals surface area contributed by atoms with E-state index in [0.29, 0.717) is 24.6 Å². The molecule has 0 bridgehead atoms. The second-order valence-corrected chi connectivity index (χ2v) is 11.0. The van der Waals surface area contributed by atoms with E-state index in [1.807, 2.05) is 31.9 Å². The van der Waals surface area contributed by atoms with Gasteiger partial charge in [-0.3, -0.25) is 0 Å². The number of piperazine rings is 1. The number of rotatable bonds is 5. The van der Waals surface area contributed by atoms with Crippen LogP contribution in [0.4, 0.5) is 19.4 Å². The van der Waals surface area contributed by atoms with E-state index < -0.39 is 17.2 Å². The molecule has 0 unspecified atom stereocenters. The molecule has 0 spiro atoms. The first-order valence-corrected chi connectivity index (χ1v) is 13.3. The van der Waals surface area contributed by atoms with Crippen molar-refractivity contribution < 1.29 is 18.3 Å². The summed E-state index contributed by atoms with van der Waals surface area (Å²) in [4.78, 5) is 21.3. The first kappa shape index (κ1) is 28.6. The van der Waals surface area contributed by atoms with Crippen molar-refractivity contribution in [2.24, 2.45) is 5.92 Å². The van der Waals surface area contributed by atoms with Gasteiger partial charge in [-0.2, -0.15) is 0 Å². The van der Waals surface area contributed by atoms with Crippen LogP contribution in [-0.4, -0.2) is 47.8 Å². The predicted octanol–water partition coefficient (Wildman–Crippen LogP) is 7.31. The van der Waals surface area contributed by atoms with Gasteiger partial charge < -0.3 is 14.5 Å². The van der Waals surface area contributed by atoms with Crippen molar-refractivity contribution in [2.45, 2.75) is 72.8 Å². The van der Waals surface area contributed by atoms with Gasteiger partial charge in [-0.05, 0) is 94.7 Å². The zero-order valence-electron chi connectivity index (χ0n) is 23.1. The molecule has 0 radical (unpaired) electrons. The van der Waals surface area contributed by atoms with E-state index in [0.717, 1.165) is 31.4 Å². The summed E-state index contributed by atoms with van der Waals surface area (Å²) in [5.41, 5.74) is 4.26. The van der Waals surface area contributed by atoms with Crippen molar-refractivity contribution >= 4 is 17.5 Å². The van der Waals surface area contributed by atoms with Crippen molar-refractivity contribution in [2.75, 3.05) is 31.1 Å². The third-order valence-electron chi connectivity index (χ3n) is 6.34. The highest BCUT2D eigenvalue weighted by atomic mass is 19.1. The molecule has 2 aromatic rings. The van der Waals surface area contributed by atoms with Crippen LogP contribution in [0.5, 0.6) is 0 Å². The van der Waals surface area contributed by atoms with E-state index in [1.54, 1.807) is 6.92 Å². The minimum atomic E-state index is -0.521. The number of unbranched alkanes of at least 4 members (excludes halogenated alkanes) is 1. The molecule has 2 heterocycles. The monoisotopic (exact) mass is 513 g/mol. The zero-order valence-corrected chi connectivity index (χ0v) is 23.1. The molecule has 2 aliphatic rings. The number of amides is 1. The van der Waals surface area contributed by atoms with Crippen LogP contribution in [0.15, 0.2) is 36.5 Å². The summed E-state index contributed by atoms with van der Waals surface area (Å²) < 4.78 is 29.9. The minimum Gasteiger partial charge on any atom is -0.444 e. The number of ether oxygens (including phenoxy) is 1. The number of nitrogens with zero attached hydrogens (tertiary/aromatic N) is 3. The maximum atomic E-state index is 12.4. The van der Waals surface area contributed by atoms with Crippen LogP contribution in [0.25, 0.3) is 5.57 Å². The Morgan fingerprint density at radius 1 is 1.08 bits per heavy atom. The van der Waals surface area contributed by atoms with E-state index in [4.69, 9.17) is 9.72 Å². The molecule has 1 aromatic heterocycles. The van der Waals surface area contributed by atoms with Crippen molar-refractivity contribution in [3.63, 3.8) is 0 Å². The Balaban J connectivity index is 0.000000356. The lowest BCUT2D eigenvalue weighted by atomic mass is 9.95. The van der Waals surface area contributed by atoms with Gasteiger partial charge in [0.25, 0.3) is 0 Å². The van der Waals surface area contributed by atoms with Gasteiger partial charge in [0.1, 0.15) is 23.1 Å². The molecule has 4 rings (SSSR count). The molecular formula is C30H41F2N3O2. The molecule has 0 N–H and O–H groups in total.